The van der Waals surface area contributed by atoms with Crippen molar-refractivity contribution in [3.63, 3.8) is 0 Å². The molecule has 4 heterocycles. The molecule has 0 aliphatic carbocycles. The minimum absolute atomic E-state index is 0.0548. The van der Waals surface area contributed by atoms with E-state index in [1.54, 1.807) is 32.2 Å². The number of piperidine rings is 1. The average Bonchev–Trinajstić information content (AvgIpc) is 3.51. The Labute approximate surface area is 207 Å². The molecule has 1 aromatic heterocycles. The van der Waals surface area contributed by atoms with Crippen molar-refractivity contribution < 1.29 is 18.7 Å². The number of amides is 1. The molecule has 3 aliphatic rings. The molecule has 1 amide bonds. The Bertz CT molecular complexity index is 1200. The summed E-state index contributed by atoms with van der Waals surface area (Å²) in [5.74, 6) is 0.163. The number of hydrogen-bond acceptors (Lipinski definition) is 8. The van der Waals surface area contributed by atoms with Gasteiger partial charge in [0.15, 0.2) is 10.8 Å². The summed E-state index contributed by atoms with van der Waals surface area (Å²) < 4.78 is 20.0. The topological polar surface area (TPSA) is 95.9 Å². The van der Waals surface area contributed by atoms with Gasteiger partial charge in [-0.25, -0.2) is 14.2 Å². The first-order valence-corrected chi connectivity index (χ1v) is 12.7. The van der Waals surface area contributed by atoms with Gasteiger partial charge in [0.2, 0.25) is 5.91 Å². The molecular weight excluding hydrogens is 469 g/mol. The average molecular weight is 498 g/mol. The molecule has 35 heavy (non-hydrogen) atoms. The lowest BCUT2D eigenvalue weighted by Gasteiger charge is -2.36. The third kappa shape index (κ3) is 4.60. The number of hydrogen-bond donors (Lipinski definition) is 2. The molecule has 10 heteroatoms. The van der Waals surface area contributed by atoms with Crippen LogP contribution in [0.1, 0.15) is 35.5 Å². The Morgan fingerprint density at radius 1 is 1.37 bits per heavy atom. The Morgan fingerprint density at radius 3 is 3.00 bits per heavy atom. The number of carbonyl (C=O) groups excluding carboxylic acids is 2. The third-order valence-electron chi connectivity index (χ3n) is 6.94. The summed E-state index contributed by atoms with van der Waals surface area (Å²) in [6.45, 7) is 6.30. The van der Waals surface area contributed by atoms with Crippen molar-refractivity contribution in [2.45, 2.75) is 26.3 Å². The molecule has 3 aliphatic heterocycles. The fraction of sp³-hybridized carbons (Fsp3) is 0.440. The van der Waals surface area contributed by atoms with Crippen LogP contribution in [0.15, 0.2) is 46.0 Å². The smallest absolute Gasteiger partial charge is 0.338 e. The maximum atomic E-state index is 14.6. The first-order valence-electron chi connectivity index (χ1n) is 11.9. The number of nitrogens with zero attached hydrogens (tertiary/aromatic N) is 3. The first kappa shape index (κ1) is 23.6. The zero-order valence-electron chi connectivity index (χ0n) is 19.7. The lowest BCUT2D eigenvalue weighted by Crippen LogP contribution is -2.45. The fourth-order valence-corrected chi connectivity index (χ4v) is 5.74. The number of aliphatic imine (C=N–C) groups is 1. The van der Waals surface area contributed by atoms with Gasteiger partial charge in [0.1, 0.15) is 11.9 Å². The van der Waals surface area contributed by atoms with E-state index in [1.807, 2.05) is 5.38 Å². The monoisotopic (exact) mass is 497 g/mol. The molecule has 0 bridgehead atoms. The number of carbonyl (C=O) groups is 2. The number of halogens is 1. The molecular formula is C25H28FN5O3S. The number of esters is 1. The van der Waals surface area contributed by atoms with Crippen LogP contribution < -0.4 is 10.6 Å². The van der Waals surface area contributed by atoms with Crippen LogP contribution in [-0.2, 0) is 14.3 Å². The molecule has 0 unspecified atom stereocenters. The fourth-order valence-electron chi connectivity index (χ4n) is 5.15. The predicted octanol–water partition coefficient (Wildman–Crippen LogP) is 2.57. The number of rotatable bonds is 6. The van der Waals surface area contributed by atoms with E-state index < -0.39 is 12.0 Å². The molecule has 0 saturated carbocycles. The van der Waals surface area contributed by atoms with Crippen LogP contribution in [0, 0.1) is 24.6 Å². The number of ether oxygens (including phenoxy) is 1. The Balaban J connectivity index is 1.55. The molecule has 2 aromatic rings. The number of fused-ring (bicyclic) bond motifs is 1. The largest absolute Gasteiger partial charge is 0.463 e. The summed E-state index contributed by atoms with van der Waals surface area (Å²) in [5, 5.41) is 8.87. The quantitative estimate of drug-likeness (QED) is 0.596. The summed E-state index contributed by atoms with van der Waals surface area (Å²) >= 11 is 1.44. The first-order chi connectivity index (χ1) is 17.0. The SMILES string of the molecule is CCOC(=O)C1=C(CN2CC[C@H]3C(=O)NC[C@H]3C2)NC(c2nccs2)=N[C@H]1c1cccc(F)c1C. The van der Waals surface area contributed by atoms with Crippen molar-refractivity contribution >= 4 is 29.0 Å². The highest BCUT2D eigenvalue weighted by Gasteiger charge is 2.40. The van der Waals surface area contributed by atoms with Crippen molar-refractivity contribution in [2.24, 2.45) is 16.8 Å². The van der Waals surface area contributed by atoms with Gasteiger partial charge < -0.3 is 15.4 Å². The van der Waals surface area contributed by atoms with Crippen LogP contribution >= 0.6 is 11.3 Å². The zero-order valence-corrected chi connectivity index (χ0v) is 20.5. The van der Waals surface area contributed by atoms with Crippen molar-refractivity contribution in [1.82, 2.24) is 20.5 Å². The van der Waals surface area contributed by atoms with Crippen LogP contribution in [0.3, 0.4) is 0 Å². The predicted molar refractivity (Wildman–Crippen MR) is 130 cm³/mol. The van der Waals surface area contributed by atoms with E-state index in [1.165, 1.54) is 17.4 Å². The maximum absolute atomic E-state index is 14.6. The standard InChI is InChI=1S/C25H28FN5O3S/c1-3-34-25(33)20-19(13-31-9-7-17-15(12-31)11-28-23(17)32)29-22(24-27-8-10-35-24)30-21(20)16-5-4-6-18(26)14(16)2/h4-6,8,10,15,17,21H,3,7,9,11-13H2,1-2H3,(H,28,32)(H,29,30)/t15-,17+,21-/m0/s1. The summed E-state index contributed by atoms with van der Waals surface area (Å²) in [7, 11) is 0. The highest BCUT2D eigenvalue weighted by Crippen LogP contribution is 2.36. The van der Waals surface area contributed by atoms with E-state index in [9.17, 15) is 14.0 Å². The lowest BCUT2D eigenvalue weighted by atomic mass is 9.87. The number of thiazole rings is 1. The highest BCUT2D eigenvalue weighted by molar-refractivity contribution is 7.11. The van der Waals surface area contributed by atoms with Crippen molar-refractivity contribution in [3.8, 4) is 0 Å². The molecule has 5 rings (SSSR count). The second-order valence-corrected chi connectivity index (χ2v) is 9.94. The molecule has 1 aromatic carbocycles. The van der Waals surface area contributed by atoms with E-state index in [2.05, 4.69) is 20.5 Å². The minimum atomic E-state index is -0.729. The van der Waals surface area contributed by atoms with Crippen LogP contribution in [0.5, 0.6) is 0 Å². The van der Waals surface area contributed by atoms with Gasteiger partial charge in [-0.3, -0.25) is 14.7 Å². The Kier molecular flexibility index (Phi) is 6.66. The second-order valence-electron chi connectivity index (χ2n) is 9.04. The number of benzene rings is 1. The molecule has 3 atom stereocenters. The maximum Gasteiger partial charge on any atom is 0.338 e. The van der Waals surface area contributed by atoms with Gasteiger partial charge in [-0.1, -0.05) is 12.1 Å². The molecule has 8 nitrogen and oxygen atoms in total. The molecule has 2 saturated heterocycles. The normalized spacial score (nSPS) is 24.5. The van der Waals surface area contributed by atoms with Crippen molar-refractivity contribution in [1.29, 1.82) is 0 Å². The van der Waals surface area contributed by atoms with Gasteiger partial charge in [0.05, 0.1) is 12.2 Å². The number of nitrogens with one attached hydrogen (secondary N) is 2. The van der Waals surface area contributed by atoms with Gasteiger partial charge >= 0.3 is 5.97 Å². The summed E-state index contributed by atoms with van der Waals surface area (Å²) in [6, 6.07) is 4.11. The van der Waals surface area contributed by atoms with Gasteiger partial charge in [0, 0.05) is 48.7 Å². The van der Waals surface area contributed by atoms with Crippen LogP contribution in [0.2, 0.25) is 0 Å². The van der Waals surface area contributed by atoms with Crippen LogP contribution in [0.4, 0.5) is 4.39 Å². The molecule has 184 valence electrons. The highest BCUT2D eigenvalue weighted by atomic mass is 32.1. The van der Waals surface area contributed by atoms with Gasteiger partial charge in [0.25, 0.3) is 0 Å². The van der Waals surface area contributed by atoms with E-state index in [0.29, 0.717) is 46.3 Å². The zero-order chi connectivity index (χ0) is 24.5. The molecule has 0 radical (unpaired) electrons. The summed E-state index contributed by atoms with van der Waals surface area (Å²) in [6.07, 6.45) is 2.48. The second kappa shape index (κ2) is 9.87. The minimum Gasteiger partial charge on any atom is -0.463 e. The summed E-state index contributed by atoms with van der Waals surface area (Å²) in [4.78, 5) is 36.9. The number of likely N-dealkylation sites (tertiary alicyclic amines) is 1. The Hall–Kier alpha value is -3.11. The molecule has 2 N–H and O–H groups in total. The third-order valence-corrected chi connectivity index (χ3v) is 7.72. The number of aromatic nitrogens is 1. The van der Waals surface area contributed by atoms with Crippen LogP contribution in [0.25, 0.3) is 0 Å². The van der Waals surface area contributed by atoms with Gasteiger partial charge in [-0.2, -0.15) is 0 Å². The van der Waals surface area contributed by atoms with E-state index >= 15 is 0 Å². The van der Waals surface area contributed by atoms with E-state index in [0.717, 1.165) is 19.5 Å². The Morgan fingerprint density at radius 2 is 2.23 bits per heavy atom. The van der Waals surface area contributed by atoms with Gasteiger partial charge in [-0.05, 0) is 44.0 Å². The van der Waals surface area contributed by atoms with Crippen molar-refractivity contribution in [2.75, 3.05) is 32.8 Å². The van der Waals surface area contributed by atoms with E-state index in [-0.39, 0.29) is 30.2 Å². The molecule has 0 spiro atoms. The van der Waals surface area contributed by atoms with E-state index in [4.69, 9.17) is 9.73 Å². The molecule has 2 fully saturated rings. The lowest BCUT2D eigenvalue weighted by molar-refractivity contribution is -0.139. The van der Waals surface area contributed by atoms with Crippen LogP contribution in [-0.4, -0.2) is 60.4 Å². The van der Waals surface area contributed by atoms with Gasteiger partial charge in [-0.15, -0.1) is 11.3 Å². The summed E-state index contributed by atoms with van der Waals surface area (Å²) in [5.41, 5.74) is 2.11. The van der Waals surface area contributed by atoms with Crippen molar-refractivity contribution in [3.05, 3.63) is 63.0 Å². The number of amidine groups is 1.